The summed E-state index contributed by atoms with van der Waals surface area (Å²) in [6.45, 7) is 9.29. The number of fused-ring (bicyclic) bond motifs is 2. The van der Waals surface area contributed by atoms with E-state index in [4.69, 9.17) is 9.84 Å². The number of pyridine rings is 1. The van der Waals surface area contributed by atoms with Gasteiger partial charge in [-0.1, -0.05) is 28.1 Å². The number of hydrogen-bond acceptors (Lipinski definition) is 6. The van der Waals surface area contributed by atoms with Crippen molar-refractivity contribution in [2.75, 3.05) is 33.3 Å². The Morgan fingerprint density at radius 1 is 1.07 bits per heavy atom. The molecule has 42 heavy (non-hydrogen) atoms. The van der Waals surface area contributed by atoms with Gasteiger partial charge in [0.05, 0.1) is 18.3 Å². The summed E-state index contributed by atoms with van der Waals surface area (Å²) in [6, 6.07) is 12.1. The summed E-state index contributed by atoms with van der Waals surface area (Å²) in [5, 5.41) is 5.07. The van der Waals surface area contributed by atoms with Gasteiger partial charge in [-0.3, -0.25) is 18.6 Å². The van der Waals surface area contributed by atoms with Crippen LogP contribution in [0.2, 0.25) is 0 Å². The minimum atomic E-state index is 0.0140. The molecule has 2 aliphatic heterocycles. The number of aromatic nitrogens is 5. The third-order valence-electron chi connectivity index (χ3n) is 8.77. The zero-order valence-corrected chi connectivity index (χ0v) is 26.1. The number of carbonyl (C=O) groups is 1. The van der Waals surface area contributed by atoms with E-state index in [0.29, 0.717) is 24.6 Å². The lowest BCUT2D eigenvalue weighted by atomic mass is 10.0. The number of rotatable bonds is 8. The van der Waals surface area contributed by atoms with E-state index >= 15 is 0 Å². The maximum Gasteiger partial charge on any atom is 0.330 e. The van der Waals surface area contributed by atoms with Crippen LogP contribution >= 0.6 is 15.9 Å². The minimum absolute atomic E-state index is 0.0140. The van der Waals surface area contributed by atoms with Crippen LogP contribution in [0.1, 0.15) is 50.4 Å². The number of hydrogen-bond donors (Lipinski definition) is 0. The van der Waals surface area contributed by atoms with Crippen LogP contribution in [0, 0.1) is 0 Å². The third-order valence-corrected chi connectivity index (χ3v) is 9.30. The van der Waals surface area contributed by atoms with E-state index < -0.39 is 0 Å². The number of piperidine rings is 1. The largest absolute Gasteiger partial charge is 0.481 e. The average Bonchev–Trinajstić information content (AvgIpc) is 3.51. The van der Waals surface area contributed by atoms with E-state index in [1.165, 1.54) is 11.3 Å². The molecule has 11 heteroatoms. The molecule has 5 heterocycles. The second-order valence-electron chi connectivity index (χ2n) is 11.2. The van der Waals surface area contributed by atoms with Gasteiger partial charge < -0.3 is 14.5 Å². The fraction of sp³-hybridized carbons (Fsp3) is 0.484. The van der Waals surface area contributed by atoms with Gasteiger partial charge in [0.15, 0.2) is 5.65 Å². The molecule has 0 unspecified atom stereocenters. The number of imidazole rings is 1. The molecular weight excluding hydrogens is 598 g/mol. The lowest BCUT2D eigenvalue weighted by molar-refractivity contribution is -0.129. The molecule has 1 aromatic carbocycles. The summed E-state index contributed by atoms with van der Waals surface area (Å²) < 4.78 is 12.3. The van der Waals surface area contributed by atoms with Crippen LogP contribution in [-0.2, 0) is 30.8 Å². The fourth-order valence-corrected chi connectivity index (χ4v) is 6.78. The number of methoxy groups -OCH3 is 1. The van der Waals surface area contributed by atoms with Crippen molar-refractivity contribution in [1.29, 1.82) is 0 Å². The van der Waals surface area contributed by atoms with Crippen LogP contribution in [0.15, 0.2) is 45.7 Å². The van der Waals surface area contributed by atoms with Crippen molar-refractivity contribution in [3.05, 3.63) is 62.6 Å². The molecule has 6 rings (SSSR count). The van der Waals surface area contributed by atoms with Crippen LogP contribution < -0.4 is 10.4 Å². The first-order chi connectivity index (χ1) is 20.4. The standard InChI is InChI=1S/C31H38BrN7O3/c1-4-37-27-10-11-28(42-3)33-30(27)39(31(37)41)24-12-17-35(18-13-24)15-5-16-38-26-14-19-36(21(2)40)20-25(26)29(34-38)22-6-8-23(32)9-7-22/h6-11,24H,4-5,12-20H2,1-3H3. The maximum absolute atomic E-state index is 13.3. The van der Waals surface area contributed by atoms with E-state index in [-0.39, 0.29) is 17.6 Å². The molecule has 0 spiro atoms. The van der Waals surface area contributed by atoms with Gasteiger partial charge in [-0.2, -0.15) is 10.1 Å². The van der Waals surface area contributed by atoms with E-state index in [9.17, 15) is 9.59 Å². The quantitative estimate of drug-likeness (QED) is 0.284. The van der Waals surface area contributed by atoms with Crippen molar-refractivity contribution in [2.24, 2.45) is 0 Å². The third kappa shape index (κ3) is 5.40. The van der Waals surface area contributed by atoms with E-state index in [2.05, 4.69) is 42.6 Å². The number of nitrogens with zero attached hydrogens (tertiary/aromatic N) is 7. The van der Waals surface area contributed by atoms with Crippen molar-refractivity contribution >= 4 is 33.0 Å². The predicted octanol–water partition coefficient (Wildman–Crippen LogP) is 4.48. The molecular formula is C31H38BrN7O3. The molecule has 0 aliphatic carbocycles. The van der Waals surface area contributed by atoms with Crippen molar-refractivity contribution in [3.63, 3.8) is 0 Å². The van der Waals surface area contributed by atoms with Crippen molar-refractivity contribution in [1.82, 2.24) is 33.7 Å². The highest BCUT2D eigenvalue weighted by molar-refractivity contribution is 9.10. The molecule has 0 atom stereocenters. The van der Waals surface area contributed by atoms with Crippen molar-refractivity contribution < 1.29 is 9.53 Å². The Labute approximate surface area is 254 Å². The van der Waals surface area contributed by atoms with Gasteiger partial charge in [-0.25, -0.2) is 4.79 Å². The molecule has 1 fully saturated rings. The Balaban J connectivity index is 1.13. The highest BCUT2D eigenvalue weighted by Crippen LogP contribution is 2.32. The van der Waals surface area contributed by atoms with Crippen LogP contribution in [0.3, 0.4) is 0 Å². The summed E-state index contributed by atoms with van der Waals surface area (Å²) in [7, 11) is 1.60. The Morgan fingerprint density at radius 2 is 1.83 bits per heavy atom. The predicted molar refractivity (Wildman–Crippen MR) is 166 cm³/mol. The summed E-state index contributed by atoms with van der Waals surface area (Å²) in [5.74, 6) is 0.634. The zero-order chi connectivity index (χ0) is 29.4. The first-order valence-corrected chi connectivity index (χ1v) is 15.6. The number of aryl methyl sites for hydroxylation is 2. The Hall–Kier alpha value is -3.44. The molecule has 3 aromatic heterocycles. The monoisotopic (exact) mass is 635 g/mol. The fourth-order valence-electron chi connectivity index (χ4n) is 6.51. The van der Waals surface area contributed by atoms with E-state index in [1.807, 2.05) is 40.7 Å². The van der Waals surface area contributed by atoms with Gasteiger partial charge in [0.1, 0.15) is 0 Å². The number of likely N-dealkylation sites (tertiary alicyclic amines) is 1. The van der Waals surface area contributed by atoms with Crippen LogP contribution in [0.25, 0.3) is 22.4 Å². The van der Waals surface area contributed by atoms with Gasteiger partial charge in [-0.05, 0) is 50.9 Å². The zero-order valence-electron chi connectivity index (χ0n) is 24.6. The van der Waals surface area contributed by atoms with Crippen molar-refractivity contribution in [3.8, 4) is 17.1 Å². The lowest BCUT2D eigenvalue weighted by Crippen LogP contribution is -2.38. The number of halogens is 1. The molecule has 4 aromatic rings. The normalized spacial score (nSPS) is 16.2. The second kappa shape index (κ2) is 12.0. The second-order valence-corrected chi connectivity index (χ2v) is 12.1. The lowest BCUT2D eigenvalue weighted by Gasteiger charge is -2.32. The highest BCUT2D eigenvalue weighted by atomic mass is 79.9. The van der Waals surface area contributed by atoms with Gasteiger partial charge in [-0.15, -0.1) is 0 Å². The van der Waals surface area contributed by atoms with Gasteiger partial charge in [0.2, 0.25) is 11.8 Å². The van der Waals surface area contributed by atoms with Crippen molar-refractivity contribution in [2.45, 2.75) is 65.2 Å². The van der Waals surface area contributed by atoms with E-state index in [0.717, 1.165) is 79.7 Å². The summed E-state index contributed by atoms with van der Waals surface area (Å²) >= 11 is 3.53. The van der Waals surface area contributed by atoms with Crippen LogP contribution in [0.4, 0.5) is 0 Å². The maximum atomic E-state index is 13.3. The summed E-state index contributed by atoms with van der Waals surface area (Å²) in [6.07, 6.45) is 3.63. The molecule has 10 nitrogen and oxygen atoms in total. The number of amides is 1. The molecule has 222 valence electrons. The Morgan fingerprint density at radius 3 is 2.52 bits per heavy atom. The topological polar surface area (TPSA) is 90.4 Å². The number of benzene rings is 1. The molecule has 0 N–H and O–H groups in total. The Bertz CT molecular complexity index is 1650. The van der Waals surface area contributed by atoms with Crippen LogP contribution in [0.5, 0.6) is 5.88 Å². The molecule has 0 saturated carbocycles. The highest BCUT2D eigenvalue weighted by Gasteiger charge is 2.28. The van der Waals surface area contributed by atoms with Gasteiger partial charge >= 0.3 is 5.69 Å². The average molecular weight is 637 g/mol. The minimum Gasteiger partial charge on any atom is -0.481 e. The summed E-state index contributed by atoms with van der Waals surface area (Å²) in [4.78, 5) is 34.5. The number of carbonyl (C=O) groups excluding carboxylic acids is 1. The summed E-state index contributed by atoms with van der Waals surface area (Å²) in [5.41, 5.74) is 6.06. The first-order valence-electron chi connectivity index (χ1n) is 14.9. The number of ether oxygens (including phenoxy) is 1. The molecule has 1 amide bonds. The van der Waals surface area contributed by atoms with Crippen LogP contribution in [-0.4, -0.2) is 72.9 Å². The van der Waals surface area contributed by atoms with Gasteiger partial charge in [0.25, 0.3) is 0 Å². The molecule has 1 saturated heterocycles. The van der Waals surface area contributed by atoms with E-state index in [1.54, 1.807) is 18.6 Å². The molecule has 2 aliphatic rings. The SMILES string of the molecule is CCn1c(=O)n(C2CCN(CCCn3nc(-c4ccc(Br)cc4)c4c3CCN(C(C)=O)C4)CC2)c2nc(OC)ccc21. The Kier molecular flexibility index (Phi) is 8.22. The smallest absolute Gasteiger partial charge is 0.330 e. The molecule has 0 bridgehead atoms. The first kappa shape index (κ1) is 28.7. The molecule has 0 radical (unpaired) electrons. The van der Waals surface area contributed by atoms with Gasteiger partial charge in [0, 0.05) is 86.0 Å².